The summed E-state index contributed by atoms with van der Waals surface area (Å²) in [7, 11) is 0. The largest absolute Gasteiger partial charge is 0.479 e. The van der Waals surface area contributed by atoms with Crippen LogP contribution in [-0.4, -0.2) is 89.2 Å². The van der Waals surface area contributed by atoms with E-state index >= 15 is 0 Å². The summed E-state index contributed by atoms with van der Waals surface area (Å²) in [5.41, 5.74) is 0. The normalized spacial score (nSPS) is 18.8. The molecule has 3 N–H and O–H groups in total. The van der Waals surface area contributed by atoms with Crippen molar-refractivity contribution in [1.29, 1.82) is 0 Å². The highest BCUT2D eigenvalue weighted by Gasteiger charge is 2.50. The Bertz CT molecular complexity index is 1630. The van der Waals surface area contributed by atoms with Crippen LogP contribution < -0.4 is 0 Å². The minimum Gasteiger partial charge on any atom is -0.479 e. The number of hydrogen-bond acceptors (Lipinski definition) is 11. The lowest BCUT2D eigenvalue weighted by Gasteiger charge is -2.40. The van der Waals surface area contributed by atoms with E-state index in [0.29, 0.717) is 19.3 Å². The van der Waals surface area contributed by atoms with Gasteiger partial charge in [-0.05, 0) is 89.9 Å². The molecule has 0 aromatic rings. The number of ether oxygens (including phenoxy) is 5. The van der Waals surface area contributed by atoms with Crippen LogP contribution in [0.1, 0.15) is 239 Å². The van der Waals surface area contributed by atoms with Crippen molar-refractivity contribution in [3.63, 3.8) is 0 Å². The number of allylic oxidation sites excluding steroid dienone is 14. The second-order valence-corrected chi connectivity index (χ2v) is 19.9. The van der Waals surface area contributed by atoms with Gasteiger partial charge in [-0.3, -0.25) is 14.4 Å². The van der Waals surface area contributed by atoms with E-state index < -0.39 is 67.3 Å². The summed E-state index contributed by atoms with van der Waals surface area (Å²) in [6.45, 7) is 5.77. The fraction of sp³-hybridized carbons (Fsp3) is 0.714. The van der Waals surface area contributed by atoms with Crippen molar-refractivity contribution in [2.24, 2.45) is 0 Å². The molecule has 0 bridgehead atoms. The highest BCUT2D eigenvalue weighted by atomic mass is 16.7. The first-order valence-corrected chi connectivity index (χ1v) is 29.6. The first-order chi connectivity index (χ1) is 36.6. The molecule has 0 amide bonds. The molecule has 0 aliphatic carbocycles. The van der Waals surface area contributed by atoms with Crippen molar-refractivity contribution in [2.75, 3.05) is 13.2 Å². The fourth-order valence-electron chi connectivity index (χ4n) is 8.43. The van der Waals surface area contributed by atoms with Crippen LogP contribution in [0.4, 0.5) is 0 Å². The minimum absolute atomic E-state index is 0.0388. The second-order valence-electron chi connectivity index (χ2n) is 19.9. The van der Waals surface area contributed by atoms with Crippen LogP contribution in [0.15, 0.2) is 85.1 Å². The van der Waals surface area contributed by atoms with Gasteiger partial charge in [0.25, 0.3) is 0 Å². The molecule has 0 spiro atoms. The first kappa shape index (κ1) is 68.9. The third-order valence-corrected chi connectivity index (χ3v) is 12.9. The van der Waals surface area contributed by atoms with Crippen molar-refractivity contribution in [2.45, 2.75) is 276 Å². The number of carbonyl (C=O) groups is 4. The summed E-state index contributed by atoms with van der Waals surface area (Å²) < 4.78 is 28.4. The molecule has 1 heterocycles. The zero-order chi connectivity index (χ0) is 54.7. The van der Waals surface area contributed by atoms with Crippen molar-refractivity contribution in [3.05, 3.63) is 85.1 Å². The van der Waals surface area contributed by atoms with Crippen LogP contribution in [0.2, 0.25) is 0 Å². The maximum atomic E-state index is 13.1. The Morgan fingerprint density at radius 1 is 0.453 bits per heavy atom. The molecule has 0 aromatic carbocycles. The molecule has 6 atom stereocenters. The van der Waals surface area contributed by atoms with Gasteiger partial charge in [0.05, 0.1) is 6.61 Å². The standard InChI is InChI=1S/C63H104O12/c1-4-7-10-13-16-19-22-25-26-27-28-29-30-33-34-37-40-43-46-49-55(64)71-52-54(73-56(65)50-47-44-41-38-35-31-23-20-17-14-11-8-5-2)53-72-63-61(59(68)58(67)60(75-63)62(69)70)74-57(66)51-48-45-42-39-36-32-24-21-18-15-12-9-6-3/h7,10,12,15-16,19,21,24-26,28-29,33-34,54,58-61,63,67-68H,4-6,8-9,11,13-14,17-18,20,22-23,27,30-32,35-53H2,1-3H3,(H,69,70)/b10-7-,15-12-,19-16-,24-21-,26-25-,29-28-,34-33-. The Kier molecular flexibility index (Phi) is 46.6. The van der Waals surface area contributed by atoms with Crippen LogP contribution >= 0.6 is 0 Å². The number of aliphatic hydroxyl groups is 2. The van der Waals surface area contributed by atoms with Crippen molar-refractivity contribution < 1.29 is 58.2 Å². The number of aliphatic carboxylic acids is 1. The van der Waals surface area contributed by atoms with E-state index in [1.54, 1.807) is 0 Å². The molecule has 1 aliphatic rings. The SMILES string of the molecule is CC/C=C\C/C=C\C/C=C\C/C=C\C/C=C\CCCCCC(=O)OCC(COC1OC(C(=O)O)C(O)C(O)C1OC(=O)CCCCCCC/C=C\C/C=C\CCC)OC(=O)CCCCCCCCCCCCCCC. The Balaban J connectivity index is 2.71. The first-order valence-electron chi connectivity index (χ1n) is 29.6. The van der Waals surface area contributed by atoms with Crippen LogP contribution in [0, 0.1) is 0 Å². The molecule has 0 radical (unpaired) electrons. The summed E-state index contributed by atoms with van der Waals surface area (Å²) in [6.07, 6.45) is 52.7. The van der Waals surface area contributed by atoms with Gasteiger partial charge in [-0.15, -0.1) is 0 Å². The predicted molar refractivity (Wildman–Crippen MR) is 303 cm³/mol. The average Bonchev–Trinajstić information content (AvgIpc) is 3.39. The minimum atomic E-state index is -1.91. The van der Waals surface area contributed by atoms with E-state index in [2.05, 4.69) is 106 Å². The second kappa shape index (κ2) is 50.7. The van der Waals surface area contributed by atoms with E-state index in [1.807, 2.05) is 0 Å². The van der Waals surface area contributed by atoms with E-state index in [4.69, 9.17) is 23.7 Å². The molecular weight excluding hydrogens is 949 g/mol. The number of unbranched alkanes of at least 4 members (excludes halogenated alkanes) is 21. The Hall–Kier alpha value is -4.10. The molecule has 12 nitrogen and oxygen atoms in total. The lowest BCUT2D eigenvalue weighted by atomic mass is 9.98. The van der Waals surface area contributed by atoms with Gasteiger partial charge in [-0.1, -0.05) is 215 Å². The number of hydrogen-bond donors (Lipinski definition) is 3. The monoisotopic (exact) mass is 1050 g/mol. The number of carbonyl (C=O) groups excluding carboxylic acids is 3. The maximum Gasteiger partial charge on any atom is 0.335 e. The Morgan fingerprint density at radius 3 is 1.35 bits per heavy atom. The lowest BCUT2D eigenvalue weighted by Crippen LogP contribution is -2.61. The van der Waals surface area contributed by atoms with E-state index in [9.17, 15) is 34.5 Å². The smallest absolute Gasteiger partial charge is 0.335 e. The van der Waals surface area contributed by atoms with Crippen molar-refractivity contribution in [1.82, 2.24) is 0 Å². The van der Waals surface area contributed by atoms with Crippen LogP contribution in [0.25, 0.3) is 0 Å². The van der Waals surface area contributed by atoms with Gasteiger partial charge in [-0.25, -0.2) is 4.79 Å². The molecule has 6 unspecified atom stereocenters. The number of esters is 3. The highest BCUT2D eigenvalue weighted by molar-refractivity contribution is 5.74. The molecule has 1 fully saturated rings. The Labute approximate surface area is 454 Å². The molecule has 12 heteroatoms. The van der Waals surface area contributed by atoms with Gasteiger partial charge in [0.1, 0.15) is 18.8 Å². The number of rotatable bonds is 49. The highest BCUT2D eigenvalue weighted by Crippen LogP contribution is 2.26. The summed E-state index contributed by atoms with van der Waals surface area (Å²) in [5.74, 6) is -3.18. The summed E-state index contributed by atoms with van der Waals surface area (Å²) >= 11 is 0. The summed E-state index contributed by atoms with van der Waals surface area (Å²) in [5, 5.41) is 31.4. The van der Waals surface area contributed by atoms with Crippen LogP contribution in [0.3, 0.4) is 0 Å². The van der Waals surface area contributed by atoms with Gasteiger partial charge >= 0.3 is 23.9 Å². The van der Waals surface area contributed by atoms with Gasteiger partial charge < -0.3 is 39.0 Å². The van der Waals surface area contributed by atoms with Gasteiger partial charge in [0.15, 0.2) is 24.6 Å². The average molecular weight is 1050 g/mol. The zero-order valence-electron chi connectivity index (χ0n) is 47.0. The lowest BCUT2D eigenvalue weighted by molar-refractivity contribution is -0.301. The van der Waals surface area contributed by atoms with Crippen LogP contribution in [0.5, 0.6) is 0 Å². The van der Waals surface area contributed by atoms with E-state index in [1.165, 1.54) is 57.8 Å². The molecule has 1 aliphatic heterocycles. The number of carboxylic acids is 1. The zero-order valence-corrected chi connectivity index (χ0v) is 47.0. The van der Waals surface area contributed by atoms with Crippen molar-refractivity contribution in [3.8, 4) is 0 Å². The molecule has 75 heavy (non-hydrogen) atoms. The predicted octanol–water partition coefficient (Wildman–Crippen LogP) is 15.1. The molecule has 428 valence electrons. The van der Waals surface area contributed by atoms with Gasteiger partial charge in [-0.2, -0.15) is 0 Å². The van der Waals surface area contributed by atoms with Gasteiger partial charge in [0.2, 0.25) is 0 Å². The molecule has 0 aromatic heterocycles. The molecular formula is C63H104O12. The van der Waals surface area contributed by atoms with Crippen molar-refractivity contribution >= 4 is 23.9 Å². The third-order valence-electron chi connectivity index (χ3n) is 12.9. The topological polar surface area (TPSA) is 175 Å². The van der Waals surface area contributed by atoms with Crippen LogP contribution in [-0.2, 0) is 42.9 Å². The van der Waals surface area contributed by atoms with E-state index in [0.717, 1.165) is 122 Å². The van der Waals surface area contributed by atoms with E-state index in [-0.39, 0.29) is 25.9 Å². The van der Waals surface area contributed by atoms with Gasteiger partial charge in [0, 0.05) is 19.3 Å². The Morgan fingerprint density at radius 2 is 0.867 bits per heavy atom. The quantitative estimate of drug-likeness (QED) is 0.0228. The number of carboxylic acid groups (broad SMARTS) is 1. The summed E-state index contributed by atoms with van der Waals surface area (Å²) in [4.78, 5) is 51.1. The maximum absolute atomic E-state index is 13.1. The molecule has 1 saturated heterocycles. The molecule has 1 rings (SSSR count). The third kappa shape index (κ3) is 40.8. The summed E-state index contributed by atoms with van der Waals surface area (Å²) in [6, 6.07) is 0. The molecule has 0 saturated carbocycles. The fourth-order valence-corrected chi connectivity index (χ4v) is 8.43. The number of aliphatic hydroxyl groups excluding tert-OH is 2.